The normalized spacial score (nSPS) is 18.0. The van der Waals surface area contributed by atoms with Crippen LogP contribution in [0.3, 0.4) is 0 Å². The van der Waals surface area contributed by atoms with E-state index in [0.29, 0.717) is 37.1 Å². The van der Waals surface area contributed by atoms with Gasteiger partial charge in [-0.2, -0.15) is 11.8 Å². The smallest absolute Gasteiger partial charge is 0.326 e. The average Bonchev–Trinajstić information content (AvgIpc) is 3.52. The monoisotopic (exact) mass is 519 g/mol. The standard InChI is InChI=1S/C24H33N5O6S/c1-36-10-8-16(25)23(33)29-9-4-7-20(29)22(32)28-19(13-30)21(31)27-18(24(34)35)11-14-12-26-17-6-3-2-5-15(14)17/h2-3,5-6,12,16,18-20,26,30H,4,7-11,13,25H2,1H3,(H,27,31)(H,28,32)(H,34,35). The van der Waals surface area contributed by atoms with Gasteiger partial charge in [0.05, 0.1) is 12.6 Å². The molecule has 2 heterocycles. The minimum absolute atomic E-state index is 0.00994. The van der Waals surface area contributed by atoms with Gasteiger partial charge < -0.3 is 36.5 Å². The first-order chi connectivity index (χ1) is 17.3. The summed E-state index contributed by atoms with van der Waals surface area (Å²) in [4.78, 5) is 54.8. The summed E-state index contributed by atoms with van der Waals surface area (Å²) in [5.41, 5.74) is 7.55. The quantitative estimate of drug-likeness (QED) is 0.224. The van der Waals surface area contributed by atoms with Crippen LogP contribution in [-0.2, 0) is 25.6 Å². The molecule has 0 aliphatic carbocycles. The first-order valence-electron chi connectivity index (χ1n) is 11.8. The van der Waals surface area contributed by atoms with Crippen LogP contribution in [0.2, 0.25) is 0 Å². The molecular weight excluding hydrogens is 486 g/mol. The zero-order valence-corrected chi connectivity index (χ0v) is 20.9. The van der Waals surface area contributed by atoms with Crippen molar-refractivity contribution in [2.75, 3.05) is 25.2 Å². The predicted molar refractivity (Wildman–Crippen MR) is 136 cm³/mol. The van der Waals surface area contributed by atoms with Crippen LogP contribution in [-0.4, -0.2) is 93.1 Å². The number of hydrogen-bond acceptors (Lipinski definition) is 7. The Morgan fingerprint density at radius 3 is 2.67 bits per heavy atom. The lowest BCUT2D eigenvalue weighted by atomic mass is 10.0. The molecule has 0 saturated carbocycles. The van der Waals surface area contributed by atoms with Gasteiger partial charge in [-0.1, -0.05) is 18.2 Å². The van der Waals surface area contributed by atoms with Crippen LogP contribution < -0.4 is 16.4 Å². The number of fused-ring (bicyclic) bond motifs is 1. The number of aromatic nitrogens is 1. The number of H-pyrrole nitrogens is 1. The van der Waals surface area contributed by atoms with Gasteiger partial charge in [0.2, 0.25) is 17.7 Å². The molecule has 4 unspecified atom stereocenters. The number of amides is 3. The number of thioether (sulfide) groups is 1. The maximum atomic E-state index is 12.9. The number of aliphatic carboxylic acids is 1. The van der Waals surface area contributed by atoms with Crippen molar-refractivity contribution in [2.24, 2.45) is 5.73 Å². The highest BCUT2D eigenvalue weighted by Crippen LogP contribution is 2.20. The number of aromatic amines is 1. The molecular formula is C24H33N5O6S. The van der Waals surface area contributed by atoms with Crippen LogP contribution in [0.1, 0.15) is 24.8 Å². The molecule has 196 valence electrons. The molecule has 0 bridgehead atoms. The predicted octanol–water partition coefficient (Wildman–Crippen LogP) is -0.172. The summed E-state index contributed by atoms with van der Waals surface area (Å²) < 4.78 is 0. The van der Waals surface area contributed by atoms with E-state index in [1.54, 1.807) is 18.0 Å². The SMILES string of the molecule is CSCCC(N)C(=O)N1CCCC1C(=O)NC(CO)C(=O)NC(Cc1c[nH]c2ccccc12)C(=O)O. The summed E-state index contributed by atoms with van der Waals surface area (Å²) in [6.45, 7) is -0.351. The summed E-state index contributed by atoms with van der Waals surface area (Å²) in [5.74, 6) is -2.27. The second-order valence-corrected chi connectivity index (χ2v) is 9.77. The number of likely N-dealkylation sites (tertiary alicyclic amines) is 1. The van der Waals surface area contributed by atoms with Gasteiger partial charge in [0.25, 0.3) is 0 Å². The molecule has 0 spiro atoms. The van der Waals surface area contributed by atoms with Crippen LogP contribution in [0.25, 0.3) is 10.9 Å². The summed E-state index contributed by atoms with van der Waals surface area (Å²) in [6, 6.07) is 3.22. The number of rotatable bonds is 12. The van der Waals surface area contributed by atoms with Crippen LogP contribution in [0, 0.1) is 0 Å². The Morgan fingerprint density at radius 1 is 1.22 bits per heavy atom. The largest absolute Gasteiger partial charge is 0.480 e. The number of carboxylic acid groups (broad SMARTS) is 1. The minimum atomic E-state index is -1.37. The maximum absolute atomic E-state index is 12.9. The van der Waals surface area contributed by atoms with Crippen molar-refractivity contribution in [1.29, 1.82) is 0 Å². The van der Waals surface area contributed by atoms with Gasteiger partial charge in [-0.25, -0.2) is 4.79 Å². The van der Waals surface area contributed by atoms with Gasteiger partial charge in [-0.15, -0.1) is 0 Å². The van der Waals surface area contributed by atoms with E-state index in [4.69, 9.17) is 5.73 Å². The molecule has 12 heteroatoms. The number of benzene rings is 1. The van der Waals surface area contributed by atoms with E-state index in [2.05, 4.69) is 15.6 Å². The molecule has 11 nitrogen and oxygen atoms in total. The number of carbonyl (C=O) groups is 4. The number of nitrogens with one attached hydrogen (secondary N) is 3. The van der Waals surface area contributed by atoms with Crippen molar-refractivity contribution in [3.8, 4) is 0 Å². The summed E-state index contributed by atoms with van der Waals surface area (Å²) in [7, 11) is 0. The van der Waals surface area contributed by atoms with Crippen molar-refractivity contribution in [1.82, 2.24) is 20.5 Å². The highest BCUT2D eigenvalue weighted by atomic mass is 32.2. The van der Waals surface area contributed by atoms with E-state index in [1.165, 1.54) is 4.90 Å². The molecule has 3 amide bonds. The van der Waals surface area contributed by atoms with Crippen LogP contribution in [0.5, 0.6) is 0 Å². The molecule has 2 aromatic rings. The molecule has 1 aromatic carbocycles. The lowest BCUT2D eigenvalue weighted by molar-refractivity contribution is -0.143. The van der Waals surface area contributed by atoms with Gasteiger partial charge in [0, 0.05) is 30.1 Å². The number of carboxylic acids is 1. The van der Waals surface area contributed by atoms with Gasteiger partial charge >= 0.3 is 5.97 Å². The molecule has 3 rings (SSSR count). The molecule has 1 aromatic heterocycles. The van der Waals surface area contributed by atoms with E-state index < -0.39 is 48.6 Å². The maximum Gasteiger partial charge on any atom is 0.326 e. The van der Waals surface area contributed by atoms with Crippen LogP contribution in [0.4, 0.5) is 0 Å². The van der Waals surface area contributed by atoms with E-state index >= 15 is 0 Å². The number of hydrogen-bond donors (Lipinski definition) is 6. The van der Waals surface area contributed by atoms with E-state index in [9.17, 15) is 29.4 Å². The highest BCUT2D eigenvalue weighted by Gasteiger charge is 2.37. The molecule has 7 N–H and O–H groups in total. The second-order valence-electron chi connectivity index (χ2n) is 8.78. The molecule has 0 radical (unpaired) electrons. The van der Waals surface area contributed by atoms with Crippen molar-refractivity contribution < 1.29 is 29.4 Å². The van der Waals surface area contributed by atoms with Crippen LogP contribution >= 0.6 is 11.8 Å². The van der Waals surface area contributed by atoms with E-state index in [-0.39, 0.29) is 12.3 Å². The lowest BCUT2D eigenvalue weighted by Gasteiger charge is -2.28. The van der Waals surface area contributed by atoms with Gasteiger partial charge in [-0.05, 0) is 42.9 Å². The van der Waals surface area contributed by atoms with E-state index in [0.717, 1.165) is 10.9 Å². The first kappa shape index (κ1) is 27.5. The number of para-hydroxylation sites is 1. The lowest BCUT2D eigenvalue weighted by Crippen LogP contribution is -2.57. The minimum Gasteiger partial charge on any atom is -0.480 e. The van der Waals surface area contributed by atoms with Crippen molar-refractivity contribution in [3.05, 3.63) is 36.0 Å². The Morgan fingerprint density at radius 2 is 1.97 bits per heavy atom. The highest BCUT2D eigenvalue weighted by molar-refractivity contribution is 7.98. The number of carbonyl (C=O) groups excluding carboxylic acids is 3. The fourth-order valence-electron chi connectivity index (χ4n) is 4.34. The van der Waals surface area contributed by atoms with E-state index in [1.807, 2.05) is 30.5 Å². The summed E-state index contributed by atoms with van der Waals surface area (Å²) >= 11 is 1.57. The Labute approximate surface area is 213 Å². The van der Waals surface area contributed by atoms with Crippen molar-refractivity contribution in [2.45, 2.75) is 49.9 Å². The van der Waals surface area contributed by atoms with Crippen molar-refractivity contribution in [3.63, 3.8) is 0 Å². The molecule has 36 heavy (non-hydrogen) atoms. The topological polar surface area (TPSA) is 178 Å². The molecule has 4 atom stereocenters. The Hall–Kier alpha value is -3.09. The average molecular weight is 520 g/mol. The first-order valence-corrected chi connectivity index (χ1v) is 13.2. The summed E-state index contributed by atoms with van der Waals surface area (Å²) in [5, 5.41) is 25.2. The fraction of sp³-hybridized carbons (Fsp3) is 0.500. The van der Waals surface area contributed by atoms with Crippen LogP contribution in [0.15, 0.2) is 30.5 Å². The molecule has 1 aliphatic heterocycles. The third kappa shape index (κ3) is 6.56. The third-order valence-electron chi connectivity index (χ3n) is 6.32. The van der Waals surface area contributed by atoms with Crippen molar-refractivity contribution >= 4 is 46.4 Å². The number of nitrogens with zero attached hydrogens (tertiary/aromatic N) is 1. The zero-order chi connectivity index (χ0) is 26.2. The Balaban J connectivity index is 1.63. The molecule has 1 aliphatic rings. The summed E-state index contributed by atoms with van der Waals surface area (Å²) in [6.07, 6.45) is 5.12. The zero-order valence-electron chi connectivity index (χ0n) is 20.1. The third-order valence-corrected chi connectivity index (χ3v) is 6.96. The number of nitrogens with two attached hydrogens (primary N) is 1. The Bertz CT molecular complexity index is 1090. The number of aliphatic hydroxyl groups is 1. The number of aliphatic hydroxyl groups excluding tert-OH is 1. The fourth-order valence-corrected chi connectivity index (χ4v) is 4.83. The Kier molecular flexibility index (Phi) is 9.73. The molecule has 1 fully saturated rings. The van der Waals surface area contributed by atoms with Gasteiger partial charge in [0.1, 0.15) is 18.1 Å². The second kappa shape index (κ2) is 12.7. The van der Waals surface area contributed by atoms with Gasteiger partial charge in [-0.3, -0.25) is 14.4 Å². The molecule has 1 saturated heterocycles. The van der Waals surface area contributed by atoms with Gasteiger partial charge in [0.15, 0.2) is 0 Å².